The van der Waals surface area contributed by atoms with Crippen molar-refractivity contribution in [2.24, 2.45) is 0 Å². The van der Waals surface area contributed by atoms with Gasteiger partial charge in [-0.05, 0) is 0 Å². The molecule has 20 heavy (non-hydrogen) atoms. The molecule has 3 amide bonds. The monoisotopic (exact) mass is 274 g/mol. The van der Waals surface area contributed by atoms with E-state index in [9.17, 15) is 9.59 Å². The molecule has 6 heteroatoms. The number of nitrogens with zero attached hydrogens (tertiary/aromatic N) is 4. The Hall–Kier alpha value is -2.24. The molecule has 0 radical (unpaired) electrons. The van der Waals surface area contributed by atoms with E-state index in [1.165, 1.54) is 17.3 Å². The van der Waals surface area contributed by atoms with Crippen molar-refractivity contribution >= 4 is 17.6 Å². The Labute approximate surface area is 118 Å². The van der Waals surface area contributed by atoms with E-state index in [0.29, 0.717) is 18.1 Å². The quantitative estimate of drug-likeness (QED) is 0.622. The molecule has 1 fully saturated rings. The molecule has 2 heterocycles. The van der Waals surface area contributed by atoms with E-state index in [4.69, 9.17) is 0 Å². The van der Waals surface area contributed by atoms with Gasteiger partial charge < -0.3 is 4.90 Å². The van der Waals surface area contributed by atoms with E-state index in [-0.39, 0.29) is 23.9 Å². The van der Waals surface area contributed by atoms with Crippen LogP contribution < -0.4 is 4.90 Å². The molecule has 106 valence electrons. The number of imide groups is 1. The van der Waals surface area contributed by atoms with Gasteiger partial charge >= 0.3 is 6.03 Å². The summed E-state index contributed by atoms with van der Waals surface area (Å²) < 4.78 is 0. The van der Waals surface area contributed by atoms with Crippen LogP contribution in [0.4, 0.5) is 10.5 Å². The van der Waals surface area contributed by atoms with Gasteiger partial charge in [0, 0.05) is 12.0 Å². The minimum absolute atomic E-state index is 0.0614. The predicted molar refractivity (Wildman–Crippen MR) is 75.4 cm³/mol. The molecule has 1 aliphatic rings. The first-order valence-electron chi connectivity index (χ1n) is 6.40. The van der Waals surface area contributed by atoms with Crippen molar-refractivity contribution in [1.82, 2.24) is 14.9 Å². The summed E-state index contributed by atoms with van der Waals surface area (Å²) in [5, 5.41) is 0. The fourth-order valence-corrected chi connectivity index (χ4v) is 1.93. The number of carbonyl (C=O) groups excluding carboxylic acids is 2. The fourth-order valence-electron chi connectivity index (χ4n) is 1.93. The molecule has 0 atom stereocenters. The molecule has 1 aromatic heterocycles. The predicted octanol–water partition coefficient (Wildman–Crippen LogP) is 1.73. The lowest BCUT2D eigenvalue weighted by molar-refractivity contribution is -0.116. The van der Waals surface area contributed by atoms with E-state index < -0.39 is 0 Å². The van der Waals surface area contributed by atoms with Crippen LogP contribution in [0.3, 0.4) is 0 Å². The molecule has 0 saturated carbocycles. The highest BCUT2D eigenvalue weighted by Crippen LogP contribution is 2.22. The van der Waals surface area contributed by atoms with E-state index in [2.05, 4.69) is 16.5 Å². The maximum atomic E-state index is 12.1. The maximum Gasteiger partial charge on any atom is 0.332 e. The van der Waals surface area contributed by atoms with Crippen LogP contribution in [0.5, 0.6) is 0 Å². The summed E-state index contributed by atoms with van der Waals surface area (Å²) in [6.45, 7) is 9.98. The zero-order chi connectivity index (χ0) is 14.9. The Morgan fingerprint density at radius 3 is 2.40 bits per heavy atom. The van der Waals surface area contributed by atoms with Gasteiger partial charge in [0.15, 0.2) is 0 Å². The normalized spacial score (nSPS) is 15.9. The molecule has 0 spiro atoms. The first kappa shape index (κ1) is 14.2. The average molecular weight is 274 g/mol. The summed E-state index contributed by atoms with van der Waals surface area (Å²) in [5.41, 5.74) is 0.228. The lowest BCUT2D eigenvalue weighted by Crippen LogP contribution is -2.33. The van der Waals surface area contributed by atoms with Gasteiger partial charge in [0.25, 0.3) is 5.91 Å². The topological polar surface area (TPSA) is 66.4 Å². The zero-order valence-corrected chi connectivity index (χ0v) is 12.0. The van der Waals surface area contributed by atoms with Crippen molar-refractivity contribution in [3.63, 3.8) is 0 Å². The molecule has 1 saturated heterocycles. The SMILES string of the molecule is C=CCN1CC(=O)N(c2cnc(C(C)(C)C)nc2)C1=O. The summed E-state index contributed by atoms with van der Waals surface area (Å²) >= 11 is 0. The van der Waals surface area contributed by atoms with Crippen LogP contribution >= 0.6 is 0 Å². The van der Waals surface area contributed by atoms with E-state index in [1.807, 2.05) is 20.8 Å². The Bertz CT molecular complexity index is 545. The fraction of sp³-hybridized carbons (Fsp3) is 0.429. The summed E-state index contributed by atoms with van der Waals surface area (Å²) in [7, 11) is 0. The molecular weight excluding hydrogens is 256 g/mol. The maximum absolute atomic E-state index is 12.1. The third kappa shape index (κ3) is 2.54. The van der Waals surface area contributed by atoms with Gasteiger partial charge in [-0.1, -0.05) is 26.8 Å². The van der Waals surface area contributed by atoms with Gasteiger partial charge in [0.2, 0.25) is 0 Å². The van der Waals surface area contributed by atoms with Crippen molar-refractivity contribution in [1.29, 1.82) is 0 Å². The van der Waals surface area contributed by atoms with Crippen LogP contribution in [0.1, 0.15) is 26.6 Å². The van der Waals surface area contributed by atoms with Crippen LogP contribution in [0.2, 0.25) is 0 Å². The molecule has 0 bridgehead atoms. The third-order valence-corrected chi connectivity index (χ3v) is 2.95. The van der Waals surface area contributed by atoms with Crippen molar-refractivity contribution < 1.29 is 9.59 Å². The van der Waals surface area contributed by atoms with Gasteiger partial charge in [-0.25, -0.2) is 19.7 Å². The van der Waals surface area contributed by atoms with Gasteiger partial charge in [0.1, 0.15) is 12.4 Å². The van der Waals surface area contributed by atoms with Crippen molar-refractivity contribution in [2.45, 2.75) is 26.2 Å². The highest BCUT2D eigenvalue weighted by Gasteiger charge is 2.36. The molecule has 2 rings (SSSR count). The Balaban J connectivity index is 2.26. The third-order valence-electron chi connectivity index (χ3n) is 2.95. The lowest BCUT2D eigenvalue weighted by atomic mass is 9.96. The molecule has 0 aliphatic carbocycles. The molecule has 0 aromatic carbocycles. The lowest BCUT2D eigenvalue weighted by Gasteiger charge is -2.18. The van der Waals surface area contributed by atoms with Crippen molar-refractivity contribution in [2.75, 3.05) is 18.0 Å². The van der Waals surface area contributed by atoms with Crippen LogP contribution in [0, 0.1) is 0 Å². The summed E-state index contributed by atoms with van der Waals surface area (Å²) in [6.07, 6.45) is 4.62. The number of anilines is 1. The van der Waals surface area contributed by atoms with Gasteiger partial charge in [-0.15, -0.1) is 6.58 Å². The highest BCUT2D eigenvalue weighted by atomic mass is 16.2. The molecule has 1 aliphatic heterocycles. The zero-order valence-electron chi connectivity index (χ0n) is 12.0. The molecule has 1 aromatic rings. The van der Waals surface area contributed by atoms with Gasteiger partial charge in [-0.2, -0.15) is 0 Å². The number of carbonyl (C=O) groups is 2. The standard InChI is InChI=1S/C14H18N4O2/c1-5-6-17-9-11(19)18(13(17)20)10-7-15-12(16-8-10)14(2,3)4/h5,7-8H,1,6,9H2,2-4H3. The largest absolute Gasteiger partial charge is 0.332 e. The number of urea groups is 1. The molecular formula is C14H18N4O2. The van der Waals surface area contributed by atoms with Crippen molar-refractivity contribution in [3.8, 4) is 0 Å². The molecule has 0 N–H and O–H groups in total. The summed E-state index contributed by atoms with van der Waals surface area (Å²) in [5.74, 6) is 0.396. The number of rotatable bonds is 3. The second kappa shape index (κ2) is 5.03. The van der Waals surface area contributed by atoms with Crippen LogP contribution in [-0.2, 0) is 10.2 Å². The first-order chi connectivity index (χ1) is 9.34. The Kier molecular flexibility index (Phi) is 3.57. The van der Waals surface area contributed by atoms with Crippen LogP contribution in [-0.4, -0.2) is 39.9 Å². The highest BCUT2D eigenvalue weighted by molar-refractivity contribution is 6.19. The summed E-state index contributed by atoms with van der Waals surface area (Å²) in [6, 6.07) is -0.359. The smallest absolute Gasteiger partial charge is 0.311 e. The summed E-state index contributed by atoms with van der Waals surface area (Å²) in [4.78, 5) is 35.0. The second-order valence-corrected chi connectivity index (χ2v) is 5.70. The van der Waals surface area contributed by atoms with Crippen LogP contribution in [0.25, 0.3) is 0 Å². The Morgan fingerprint density at radius 1 is 1.30 bits per heavy atom. The van der Waals surface area contributed by atoms with Gasteiger partial charge in [0.05, 0.1) is 18.1 Å². The van der Waals surface area contributed by atoms with E-state index >= 15 is 0 Å². The van der Waals surface area contributed by atoms with E-state index in [0.717, 1.165) is 4.90 Å². The number of amides is 3. The van der Waals surface area contributed by atoms with E-state index in [1.54, 1.807) is 6.08 Å². The average Bonchev–Trinajstić information content (AvgIpc) is 2.64. The number of hydrogen-bond donors (Lipinski definition) is 0. The van der Waals surface area contributed by atoms with Crippen molar-refractivity contribution in [3.05, 3.63) is 30.9 Å². The van der Waals surface area contributed by atoms with Crippen LogP contribution in [0.15, 0.2) is 25.0 Å². The second-order valence-electron chi connectivity index (χ2n) is 5.70. The number of hydrogen-bond acceptors (Lipinski definition) is 4. The minimum Gasteiger partial charge on any atom is -0.311 e. The molecule has 6 nitrogen and oxygen atoms in total. The Morgan fingerprint density at radius 2 is 1.90 bits per heavy atom. The van der Waals surface area contributed by atoms with Gasteiger partial charge in [-0.3, -0.25) is 4.79 Å². The number of aromatic nitrogens is 2. The first-order valence-corrected chi connectivity index (χ1v) is 6.40. The minimum atomic E-state index is -0.359. The molecule has 0 unspecified atom stereocenters.